The fourth-order valence-corrected chi connectivity index (χ4v) is 4.59. The van der Waals surface area contributed by atoms with Crippen molar-refractivity contribution >= 4 is 98.9 Å². The van der Waals surface area contributed by atoms with Crippen LogP contribution < -0.4 is 16.8 Å². The molecule has 192 valence electrons. The average molecular weight is 639 g/mol. The normalized spacial score (nSPS) is 12.6. The van der Waals surface area contributed by atoms with E-state index in [-0.39, 0.29) is 22.1 Å². The standard InChI is InChI=1S/C13H11Cl3N4.C10H5Cl4N3/c14-8-4-3-7(11(15)12(8)16)9-5-10(18-6-1-2-6)20-13(17)19-9;11-5-2-1-4(8(13)9(5)14)6-3-7(12)17-10(15)16-6/h3-6H,1-2H2,(H3,17,18,19,20);1-3H,(H2,15,16,17). The van der Waals surface area contributed by atoms with Gasteiger partial charge < -0.3 is 16.8 Å². The maximum absolute atomic E-state index is 6.22. The topological polar surface area (TPSA) is 116 Å². The molecule has 1 aliphatic carbocycles. The summed E-state index contributed by atoms with van der Waals surface area (Å²) in [4.78, 5) is 16.2. The van der Waals surface area contributed by atoms with Crippen LogP contribution in [0.4, 0.5) is 17.7 Å². The van der Waals surface area contributed by atoms with Gasteiger partial charge in [0, 0.05) is 29.3 Å². The molecule has 4 aromatic rings. The summed E-state index contributed by atoms with van der Waals surface area (Å²) >= 11 is 41.8. The molecule has 0 unspecified atom stereocenters. The van der Waals surface area contributed by atoms with Crippen LogP contribution in [-0.2, 0) is 0 Å². The van der Waals surface area contributed by atoms with Gasteiger partial charge in [0.15, 0.2) is 0 Å². The first-order valence-electron chi connectivity index (χ1n) is 10.5. The van der Waals surface area contributed by atoms with Crippen LogP contribution in [0.15, 0.2) is 36.4 Å². The van der Waals surface area contributed by atoms with Crippen LogP contribution in [0.1, 0.15) is 12.8 Å². The highest BCUT2D eigenvalue weighted by Crippen LogP contribution is 2.39. The Morgan fingerprint density at radius 3 is 1.59 bits per heavy atom. The minimum Gasteiger partial charge on any atom is -0.368 e. The summed E-state index contributed by atoms with van der Waals surface area (Å²) in [6, 6.07) is 10.6. The number of nitrogens with two attached hydrogens (primary N) is 2. The van der Waals surface area contributed by atoms with Crippen LogP contribution in [0.2, 0.25) is 35.3 Å². The summed E-state index contributed by atoms with van der Waals surface area (Å²) in [5.41, 5.74) is 13.6. The number of benzene rings is 2. The quantitative estimate of drug-likeness (QED) is 0.151. The summed E-state index contributed by atoms with van der Waals surface area (Å²) in [7, 11) is 0. The predicted molar refractivity (Wildman–Crippen MR) is 155 cm³/mol. The molecule has 37 heavy (non-hydrogen) atoms. The van der Waals surface area contributed by atoms with Crippen molar-refractivity contribution in [2.24, 2.45) is 0 Å². The number of anilines is 3. The lowest BCUT2D eigenvalue weighted by Crippen LogP contribution is -2.06. The van der Waals surface area contributed by atoms with Gasteiger partial charge in [-0.1, -0.05) is 81.2 Å². The van der Waals surface area contributed by atoms with Gasteiger partial charge in [-0.05, 0) is 37.1 Å². The van der Waals surface area contributed by atoms with Gasteiger partial charge in [-0.15, -0.1) is 0 Å². The van der Waals surface area contributed by atoms with Gasteiger partial charge in [0.1, 0.15) is 11.0 Å². The third kappa shape index (κ3) is 6.92. The predicted octanol–water partition coefficient (Wildman–Crippen LogP) is 8.60. The van der Waals surface area contributed by atoms with Crippen molar-refractivity contribution in [3.8, 4) is 22.5 Å². The lowest BCUT2D eigenvalue weighted by atomic mass is 10.1. The van der Waals surface area contributed by atoms with E-state index in [1.165, 1.54) is 0 Å². The fourth-order valence-electron chi connectivity index (χ4n) is 3.14. The molecule has 0 aliphatic heterocycles. The Bertz CT molecular complexity index is 1460. The van der Waals surface area contributed by atoms with Crippen LogP contribution in [0, 0.1) is 0 Å². The van der Waals surface area contributed by atoms with E-state index in [9.17, 15) is 0 Å². The Hall–Kier alpha value is -1.97. The Balaban J connectivity index is 0.000000176. The Morgan fingerprint density at radius 1 is 0.622 bits per heavy atom. The SMILES string of the molecule is Nc1nc(Cl)cc(-c2ccc(Cl)c(Cl)c2Cl)n1.Nc1nc(NC2CC2)cc(-c2ccc(Cl)c(Cl)c2Cl)n1. The smallest absolute Gasteiger partial charge is 0.222 e. The molecule has 0 amide bonds. The summed E-state index contributed by atoms with van der Waals surface area (Å²) in [6.07, 6.45) is 2.29. The van der Waals surface area contributed by atoms with Gasteiger partial charge in [0.2, 0.25) is 11.9 Å². The van der Waals surface area contributed by atoms with Gasteiger partial charge in [0.25, 0.3) is 0 Å². The highest BCUT2D eigenvalue weighted by atomic mass is 35.5. The fraction of sp³-hybridized carbons (Fsp3) is 0.130. The van der Waals surface area contributed by atoms with Crippen LogP contribution >= 0.6 is 81.2 Å². The van der Waals surface area contributed by atoms with E-state index < -0.39 is 0 Å². The van der Waals surface area contributed by atoms with Gasteiger partial charge in [-0.3, -0.25) is 0 Å². The van der Waals surface area contributed by atoms with Gasteiger partial charge >= 0.3 is 0 Å². The summed E-state index contributed by atoms with van der Waals surface area (Å²) < 4.78 is 0. The molecule has 2 heterocycles. The lowest BCUT2D eigenvalue weighted by molar-refractivity contribution is 1.09. The molecular weight excluding hydrogens is 622 g/mol. The van der Waals surface area contributed by atoms with Crippen LogP contribution in [-0.4, -0.2) is 26.0 Å². The largest absolute Gasteiger partial charge is 0.368 e. The first-order chi connectivity index (χ1) is 17.5. The zero-order valence-electron chi connectivity index (χ0n) is 18.5. The Morgan fingerprint density at radius 2 is 1.11 bits per heavy atom. The maximum atomic E-state index is 6.22. The van der Waals surface area contributed by atoms with E-state index in [2.05, 4.69) is 25.3 Å². The third-order valence-electron chi connectivity index (χ3n) is 5.01. The molecule has 1 saturated carbocycles. The number of aromatic nitrogens is 4. The molecule has 1 fully saturated rings. The van der Waals surface area contributed by atoms with Crippen LogP contribution in [0.3, 0.4) is 0 Å². The van der Waals surface area contributed by atoms with E-state index >= 15 is 0 Å². The van der Waals surface area contributed by atoms with Crippen molar-refractivity contribution in [2.75, 3.05) is 16.8 Å². The monoisotopic (exact) mass is 635 g/mol. The number of nitrogens with zero attached hydrogens (tertiary/aromatic N) is 4. The van der Waals surface area contributed by atoms with Crippen LogP contribution in [0.25, 0.3) is 22.5 Å². The zero-order valence-corrected chi connectivity index (χ0v) is 23.8. The van der Waals surface area contributed by atoms with E-state index in [1.807, 2.05) is 0 Å². The van der Waals surface area contributed by atoms with E-state index in [1.54, 1.807) is 36.4 Å². The molecule has 0 bridgehead atoms. The van der Waals surface area contributed by atoms with Gasteiger partial charge in [-0.25, -0.2) is 15.0 Å². The van der Waals surface area contributed by atoms with Crippen molar-refractivity contribution in [3.05, 3.63) is 71.7 Å². The van der Waals surface area contributed by atoms with Gasteiger partial charge in [-0.2, -0.15) is 4.98 Å². The van der Waals surface area contributed by atoms with Crippen molar-refractivity contribution in [2.45, 2.75) is 18.9 Å². The molecule has 1 aliphatic rings. The number of nitrogen functional groups attached to an aromatic ring is 2. The number of rotatable bonds is 4. The minimum absolute atomic E-state index is 0.0645. The van der Waals surface area contributed by atoms with E-state index in [0.717, 1.165) is 12.8 Å². The van der Waals surface area contributed by atoms with Crippen molar-refractivity contribution in [1.82, 2.24) is 19.9 Å². The lowest BCUT2D eigenvalue weighted by Gasteiger charge is -2.10. The molecule has 0 radical (unpaired) electrons. The van der Waals surface area contributed by atoms with Crippen molar-refractivity contribution in [3.63, 3.8) is 0 Å². The van der Waals surface area contributed by atoms with E-state index in [0.29, 0.717) is 59.5 Å². The second-order valence-electron chi connectivity index (χ2n) is 7.80. The highest BCUT2D eigenvalue weighted by molar-refractivity contribution is 6.49. The average Bonchev–Trinajstić information content (AvgIpc) is 3.64. The summed E-state index contributed by atoms with van der Waals surface area (Å²) in [5, 5.41) is 5.50. The maximum Gasteiger partial charge on any atom is 0.222 e. The molecule has 0 spiro atoms. The van der Waals surface area contributed by atoms with Gasteiger partial charge in [0.05, 0.1) is 41.5 Å². The number of hydrogen-bond donors (Lipinski definition) is 3. The second-order valence-corrected chi connectivity index (χ2v) is 10.5. The molecule has 2 aromatic heterocycles. The summed E-state index contributed by atoms with van der Waals surface area (Å²) in [5.74, 6) is 0.944. The van der Waals surface area contributed by atoms with Crippen LogP contribution in [0.5, 0.6) is 0 Å². The molecule has 0 saturated heterocycles. The first kappa shape index (κ1) is 28.0. The molecule has 14 heteroatoms. The molecule has 0 atom stereocenters. The molecule has 5 N–H and O–H groups in total. The van der Waals surface area contributed by atoms with Crippen molar-refractivity contribution < 1.29 is 0 Å². The van der Waals surface area contributed by atoms with Crippen molar-refractivity contribution in [1.29, 1.82) is 0 Å². The number of nitrogens with one attached hydrogen (secondary N) is 1. The highest BCUT2D eigenvalue weighted by Gasteiger charge is 2.22. The summed E-state index contributed by atoms with van der Waals surface area (Å²) in [6.45, 7) is 0. The third-order valence-corrected chi connectivity index (χ3v) is 7.79. The number of halogens is 7. The number of hydrogen-bond acceptors (Lipinski definition) is 7. The first-order valence-corrected chi connectivity index (χ1v) is 13.2. The molecule has 2 aromatic carbocycles. The zero-order chi connectivity index (χ0) is 26.9. The van der Waals surface area contributed by atoms with E-state index in [4.69, 9.17) is 92.7 Å². The molecular formula is C23H16Cl7N7. The molecule has 7 nitrogen and oxygen atoms in total. The second kappa shape index (κ2) is 11.8. The minimum atomic E-state index is 0.0645. The Labute approximate surface area is 247 Å². The Kier molecular flexibility index (Phi) is 8.96. The molecule has 5 rings (SSSR count).